The van der Waals surface area contributed by atoms with E-state index in [2.05, 4.69) is 26.3 Å². The maximum atomic E-state index is 5.99. The number of nitrogens with one attached hydrogen (secondary N) is 1. The Hall–Kier alpha value is -1.53. The van der Waals surface area contributed by atoms with Gasteiger partial charge in [0.15, 0.2) is 6.54 Å². The number of aromatic nitrogens is 2. The molecule has 0 atom stereocenters. The monoisotopic (exact) mass is 337 g/mol. The second-order valence-corrected chi connectivity index (χ2v) is 6.54. The quantitative estimate of drug-likeness (QED) is 0.528. The van der Waals surface area contributed by atoms with Crippen LogP contribution in [0.15, 0.2) is 28.8 Å². The van der Waals surface area contributed by atoms with Crippen molar-refractivity contribution in [3.8, 4) is 11.4 Å². The molecule has 0 bridgehead atoms. The molecule has 1 aromatic heterocycles. The normalized spacial score (nSPS) is 15.6. The first kappa shape index (κ1) is 15.4. The molecule has 1 aliphatic rings. The summed E-state index contributed by atoms with van der Waals surface area (Å²) in [5.74, 6) is 1.15. The van der Waals surface area contributed by atoms with Gasteiger partial charge in [0.05, 0.1) is 13.1 Å². The lowest BCUT2D eigenvalue weighted by Gasteiger charge is -2.04. The predicted molar refractivity (Wildman–Crippen MR) is 89.3 cm³/mol. The van der Waals surface area contributed by atoms with Gasteiger partial charge in [-0.3, -0.25) is 5.32 Å². The lowest BCUT2D eigenvalue weighted by Crippen LogP contribution is -2.30. The maximum absolute atomic E-state index is 5.99. The standard InChI is InChI=1S/C15H17ClN4OS/c1-20(15(22-2)17-12-6-7-12)9-13-18-14(19-21-13)10-4-3-5-11(16)8-10/h3-5,8,12H,6-7,9H2,1-2H3/p+1. The van der Waals surface area contributed by atoms with Gasteiger partial charge in [-0.25, -0.2) is 4.58 Å². The van der Waals surface area contributed by atoms with Crippen molar-refractivity contribution >= 4 is 28.5 Å². The summed E-state index contributed by atoms with van der Waals surface area (Å²) < 4.78 is 7.44. The van der Waals surface area contributed by atoms with Gasteiger partial charge in [0.2, 0.25) is 5.82 Å². The van der Waals surface area contributed by atoms with E-state index < -0.39 is 0 Å². The smallest absolute Gasteiger partial charge is 0.306 e. The first-order chi connectivity index (χ1) is 10.7. The Morgan fingerprint density at radius 3 is 3.00 bits per heavy atom. The molecule has 7 heteroatoms. The molecule has 0 unspecified atom stereocenters. The van der Waals surface area contributed by atoms with E-state index in [-0.39, 0.29) is 0 Å². The molecule has 2 aromatic rings. The molecular weight excluding hydrogens is 320 g/mol. The van der Waals surface area contributed by atoms with Gasteiger partial charge in [0.25, 0.3) is 5.89 Å². The van der Waals surface area contributed by atoms with Crippen molar-refractivity contribution in [2.75, 3.05) is 13.3 Å². The van der Waals surface area contributed by atoms with Crippen LogP contribution in [0.2, 0.25) is 5.02 Å². The molecule has 1 aromatic carbocycles. The number of benzene rings is 1. The topological polar surface area (TPSA) is 54.0 Å². The van der Waals surface area contributed by atoms with E-state index in [0.29, 0.717) is 29.3 Å². The highest BCUT2D eigenvalue weighted by Crippen LogP contribution is 2.21. The molecular formula is C15H18ClN4OS+. The zero-order valence-corrected chi connectivity index (χ0v) is 14.1. The Bertz CT molecular complexity index is 696. The van der Waals surface area contributed by atoms with E-state index in [1.165, 1.54) is 12.8 Å². The Labute approximate surface area is 138 Å². The van der Waals surface area contributed by atoms with Crippen LogP contribution in [0.25, 0.3) is 11.4 Å². The van der Waals surface area contributed by atoms with Crippen LogP contribution >= 0.6 is 23.4 Å². The van der Waals surface area contributed by atoms with Crippen molar-refractivity contribution in [2.45, 2.75) is 25.4 Å². The molecule has 116 valence electrons. The molecule has 1 fully saturated rings. The predicted octanol–water partition coefficient (Wildman–Crippen LogP) is 3.00. The minimum absolute atomic E-state index is 0.562. The first-order valence-electron chi connectivity index (χ1n) is 7.13. The second-order valence-electron chi connectivity index (χ2n) is 5.31. The number of nitrogens with zero attached hydrogens (tertiary/aromatic N) is 3. The van der Waals surface area contributed by atoms with E-state index in [4.69, 9.17) is 16.1 Å². The SMILES string of the molecule is CSC(NC1CC1)=[N+](C)Cc1nc(-c2cccc(Cl)c2)no1. The third-order valence-electron chi connectivity index (χ3n) is 3.37. The minimum Gasteiger partial charge on any atom is -0.335 e. The van der Waals surface area contributed by atoms with Crippen LogP contribution in [0.5, 0.6) is 0 Å². The molecule has 0 aliphatic heterocycles. The lowest BCUT2D eigenvalue weighted by atomic mass is 10.2. The number of halogens is 1. The van der Waals surface area contributed by atoms with Crippen LogP contribution in [-0.4, -0.2) is 39.2 Å². The minimum atomic E-state index is 0.562. The van der Waals surface area contributed by atoms with Crippen molar-refractivity contribution < 1.29 is 9.10 Å². The molecule has 1 N–H and O–H groups in total. The first-order valence-corrected chi connectivity index (χ1v) is 8.73. The summed E-state index contributed by atoms with van der Waals surface area (Å²) >= 11 is 7.69. The van der Waals surface area contributed by atoms with Gasteiger partial charge in [0, 0.05) is 10.6 Å². The van der Waals surface area contributed by atoms with E-state index in [0.717, 1.165) is 10.7 Å². The van der Waals surface area contributed by atoms with Crippen molar-refractivity contribution in [3.05, 3.63) is 35.2 Å². The summed E-state index contributed by atoms with van der Waals surface area (Å²) in [6, 6.07) is 8.06. The zero-order valence-electron chi connectivity index (χ0n) is 12.5. The van der Waals surface area contributed by atoms with Crippen molar-refractivity contribution in [2.24, 2.45) is 0 Å². The summed E-state index contributed by atoms with van der Waals surface area (Å²) in [6.07, 6.45) is 4.56. The summed E-state index contributed by atoms with van der Waals surface area (Å²) in [5, 5.41) is 9.33. The highest BCUT2D eigenvalue weighted by atomic mass is 35.5. The van der Waals surface area contributed by atoms with Crippen LogP contribution in [-0.2, 0) is 6.54 Å². The zero-order chi connectivity index (χ0) is 15.5. The fourth-order valence-corrected chi connectivity index (χ4v) is 2.92. The molecule has 5 nitrogen and oxygen atoms in total. The van der Waals surface area contributed by atoms with Crippen molar-refractivity contribution in [1.29, 1.82) is 0 Å². The third kappa shape index (κ3) is 3.81. The van der Waals surface area contributed by atoms with Gasteiger partial charge in [0.1, 0.15) is 0 Å². The van der Waals surface area contributed by atoms with E-state index in [1.54, 1.807) is 11.8 Å². The van der Waals surface area contributed by atoms with Crippen LogP contribution in [0.1, 0.15) is 18.7 Å². The summed E-state index contributed by atoms with van der Waals surface area (Å²) in [5.41, 5.74) is 0.857. The number of thioether (sulfide) groups is 1. The van der Waals surface area contributed by atoms with Crippen LogP contribution in [0.4, 0.5) is 0 Å². The average Bonchev–Trinajstić information content (AvgIpc) is 3.21. The molecule has 1 saturated carbocycles. The molecule has 0 radical (unpaired) electrons. The van der Waals surface area contributed by atoms with Crippen LogP contribution in [0.3, 0.4) is 0 Å². The Morgan fingerprint density at radius 2 is 2.32 bits per heavy atom. The van der Waals surface area contributed by atoms with Crippen LogP contribution < -0.4 is 5.32 Å². The number of hydrogen-bond acceptors (Lipinski definition) is 4. The molecule has 0 amide bonds. The molecule has 0 saturated heterocycles. The van der Waals surface area contributed by atoms with Gasteiger partial charge in [-0.15, -0.1) is 0 Å². The van der Waals surface area contributed by atoms with E-state index in [1.807, 2.05) is 31.3 Å². The third-order valence-corrected chi connectivity index (χ3v) is 4.42. The van der Waals surface area contributed by atoms with Gasteiger partial charge in [-0.2, -0.15) is 4.98 Å². The molecule has 1 aliphatic carbocycles. The maximum Gasteiger partial charge on any atom is 0.306 e. The highest BCUT2D eigenvalue weighted by molar-refractivity contribution is 8.13. The van der Waals surface area contributed by atoms with Gasteiger partial charge in [-0.05, 0) is 43.0 Å². The summed E-state index contributed by atoms with van der Waals surface area (Å²) in [6.45, 7) is 0.573. The molecule has 3 rings (SSSR count). The van der Waals surface area contributed by atoms with Crippen molar-refractivity contribution in [1.82, 2.24) is 15.5 Å². The largest absolute Gasteiger partial charge is 0.335 e. The lowest BCUT2D eigenvalue weighted by molar-refractivity contribution is -0.516. The Kier molecular flexibility index (Phi) is 4.69. The van der Waals surface area contributed by atoms with Gasteiger partial charge in [-0.1, -0.05) is 28.9 Å². The summed E-state index contributed by atoms with van der Waals surface area (Å²) in [4.78, 5) is 4.44. The molecule has 22 heavy (non-hydrogen) atoms. The van der Waals surface area contributed by atoms with E-state index in [9.17, 15) is 0 Å². The van der Waals surface area contributed by atoms with E-state index >= 15 is 0 Å². The van der Waals surface area contributed by atoms with Gasteiger partial charge >= 0.3 is 5.17 Å². The van der Waals surface area contributed by atoms with Crippen LogP contribution in [0, 0.1) is 0 Å². The molecule has 0 spiro atoms. The highest BCUT2D eigenvalue weighted by Gasteiger charge is 2.28. The Balaban J connectivity index is 1.74. The summed E-state index contributed by atoms with van der Waals surface area (Å²) in [7, 11) is 2.02. The fourth-order valence-electron chi connectivity index (χ4n) is 2.07. The fraction of sp³-hybridized carbons (Fsp3) is 0.400. The Morgan fingerprint density at radius 1 is 1.50 bits per heavy atom. The second kappa shape index (κ2) is 6.71. The number of hydrogen-bond donors (Lipinski definition) is 1. The number of amidine groups is 1. The van der Waals surface area contributed by atoms with Gasteiger partial charge < -0.3 is 4.52 Å². The average molecular weight is 338 g/mol. The molecule has 1 heterocycles. The number of rotatable bonds is 4. The van der Waals surface area contributed by atoms with Crippen molar-refractivity contribution in [3.63, 3.8) is 0 Å².